The first-order chi connectivity index (χ1) is 37.0. The van der Waals surface area contributed by atoms with Crippen molar-refractivity contribution in [2.75, 3.05) is 5.73 Å². The van der Waals surface area contributed by atoms with Gasteiger partial charge in [-0.1, -0.05) is 302 Å². The minimum atomic E-state index is 0. The van der Waals surface area contributed by atoms with Crippen molar-refractivity contribution in [3.63, 3.8) is 0 Å². The first-order valence-corrected chi connectivity index (χ1v) is 26.2. The van der Waals surface area contributed by atoms with E-state index in [1.165, 1.54) is 89.0 Å². The van der Waals surface area contributed by atoms with Crippen molar-refractivity contribution in [1.82, 2.24) is 0 Å². The predicted octanol–water partition coefficient (Wildman–Crippen LogP) is 21.0. The van der Waals surface area contributed by atoms with Crippen LogP contribution in [0.3, 0.4) is 0 Å². The molecule has 0 aliphatic heterocycles. The van der Waals surface area contributed by atoms with Crippen molar-refractivity contribution in [1.29, 1.82) is 0 Å². The van der Waals surface area contributed by atoms with Gasteiger partial charge in [-0.15, -0.1) is 0 Å². The number of anilines is 1. The average molecular weight is 1040 g/mol. The molecular weight excluding hydrogens is 983 g/mol. The maximum absolute atomic E-state index is 6.04. The Morgan fingerprint density at radius 1 is 0.224 bits per heavy atom. The van der Waals surface area contributed by atoms with Crippen molar-refractivity contribution < 1.29 is 0 Å². The molecule has 12 rings (SSSR count). The largest absolute Gasteiger partial charge is 0.398 e. The van der Waals surface area contributed by atoms with Gasteiger partial charge in [-0.2, -0.15) is 0 Å². The van der Waals surface area contributed by atoms with Crippen LogP contribution in [-0.4, -0.2) is 0 Å². The van der Waals surface area contributed by atoms with Gasteiger partial charge in [0.25, 0.3) is 0 Å². The number of nitrogens with two attached hydrogens (primary N) is 1. The second kappa shape index (κ2) is 25.7. The zero-order valence-corrected chi connectivity index (χ0v) is 43.3. The lowest BCUT2D eigenvalue weighted by molar-refractivity contribution is 1.20. The van der Waals surface area contributed by atoms with E-state index in [4.69, 9.17) is 5.73 Å². The summed E-state index contributed by atoms with van der Waals surface area (Å²) >= 11 is 3.61. The summed E-state index contributed by atoms with van der Waals surface area (Å²) in [6.45, 7) is 0. The lowest BCUT2D eigenvalue weighted by atomic mass is 9.89. The molecule has 0 amide bonds. The Morgan fingerprint density at radius 3 is 0.829 bits per heavy atom. The molecule has 12 aromatic rings. The number of hydrogen-bond donors (Lipinski definition) is 1. The lowest BCUT2D eigenvalue weighted by Gasteiger charge is -2.15. The quantitative estimate of drug-likeness (QED) is 0.136. The fraction of sp³-hybridized carbons (Fsp3) is 0.0270. The third kappa shape index (κ3) is 13.0. The van der Waals surface area contributed by atoms with Crippen LogP contribution < -0.4 is 5.73 Å². The fourth-order valence-corrected chi connectivity index (χ4v) is 10.1. The summed E-state index contributed by atoms with van der Waals surface area (Å²) in [6, 6.07) is 111. The molecule has 1 nitrogen and oxygen atoms in total. The van der Waals surface area contributed by atoms with Crippen molar-refractivity contribution >= 4 is 21.6 Å². The Hall–Kier alpha value is -9.08. The second-order valence-corrected chi connectivity index (χ2v) is 19.2. The van der Waals surface area contributed by atoms with Gasteiger partial charge in [0.05, 0.1) is 0 Å². The third-order valence-corrected chi connectivity index (χ3v) is 14.1. The summed E-state index contributed by atoms with van der Waals surface area (Å²) in [5.41, 5.74) is 29.2. The average Bonchev–Trinajstić information content (AvgIpc) is 3.50. The Balaban J connectivity index is 0.000000152. The zero-order valence-electron chi connectivity index (χ0n) is 41.7. The topological polar surface area (TPSA) is 26.0 Å². The minimum Gasteiger partial charge on any atom is -0.398 e. The summed E-state index contributed by atoms with van der Waals surface area (Å²) in [7, 11) is 0. The van der Waals surface area contributed by atoms with Gasteiger partial charge in [-0.25, -0.2) is 0 Å². The molecule has 76 heavy (non-hydrogen) atoms. The van der Waals surface area contributed by atoms with Crippen LogP contribution in [0.4, 0.5) is 5.69 Å². The number of halogens is 1. The summed E-state index contributed by atoms with van der Waals surface area (Å²) in [5.74, 6) is 0. The maximum atomic E-state index is 6.04. The van der Waals surface area contributed by atoms with Gasteiger partial charge in [0.2, 0.25) is 0 Å². The van der Waals surface area contributed by atoms with Gasteiger partial charge in [0.1, 0.15) is 0 Å². The van der Waals surface area contributed by atoms with E-state index in [1.54, 1.807) is 0 Å². The van der Waals surface area contributed by atoms with E-state index >= 15 is 0 Å². The molecule has 2 N–H and O–H groups in total. The molecule has 0 saturated heterocycles. The van der Waals surface area contributed by atoms with Gasteiger partial charge < -0.3 is 5.73 Å². The van der Waals surface area contributed by atoms with Crippen LogP contribution in [0, 0.1) is 0 Å². The highest BCUT2D eigenvalue weighted by Crippen LogP contribution is 2.35. The molecular formula is C74H60BrN. The molecule has 0 spiro atoms. The molecule has 0 aromatic heterocycles. The van der Waals surface area contributed by atoms with Crippen molar-refractivity contribution in [3.05, 3.63) is 331 Å². The second-order valence-electron chi connectivity index (χ2n) is 18.3. The molecule has 368 valence electrons. The molecule has 2 heteroatoms. The van der Waals surface area contributed by atoms with E-state index < -0.39 is 0 Å². The summed E-state index contributed by atoms with van der Waals surface area (Å²) in [6.07, 6.45) is 0.872. The van der Waals surface area contributed by atoms with Gasteiger partial charge in [0.15, 0.2) is 0 Å². The molecule has 0 unspecified atom stereocenters. The highest BCUT2D eigenvalue weighted by atomic mass is 79.9. The molecule has 0 bridgehead atoms. The van der Waals surface area contributed by atoms with E-state index in [0.29, 0.717) is 0 Å². The van der Waals surface area contributed by atoms with E-state index in [1.807, 2.05) is 36.4 Å². The zero-order chi connectivity index (χ0) is 51.0. The molecule has 0 atom stereocenters. The van der Waals surface area contributed by atoms with Crippen LogP contribution in [0.25, 0.3) is 89.0 Å². The van der Waals surface area contributed by atoms with E-state index in [-0.39, 0.29) is 7.43 Å². The van der Waals surface area contributed by atoms with Crippen LogP contribution in [0.2, 0.25) is 0 Å². The Morgan fingerprint density at radius 2 is 0.474 bits per heavy atom. The fourth-order valence-electron chi connectivity index (χ4n) is 9.56. The molecule has 0 aliphatic carbocycles. The van der Waals surface area contributed by atoms with Crippen molar-refractivity contribution in [3.8, 4) is 89.0 Å². The molecule has 12 aromatic carbocycles. The highest BCUT2D eigenvalue weighted by Gasteiger charge is 2.12. The smallest absolute Gasteiger partial charge is 0.0393 e. The number of hydrogen-bond acceptors (Lipinski definition) is 1. The van der Waals surface area contributed by atoms with Crippen LogP contribution >= 0.6 is 15.9 Å². The summed E-state index contributed by atoms with van der Waals surface area (Å²) in [4.78, 5) is 0. The van der Waals surface area contributed by atoms with Gasteiger partial charge in [-0.3, -0.25) is 0 Å². The molecule has 0 aliphatic rings. The molecule has 0 heterocycles. The molecule has 0 fully saturated rings. The van der Waals surface area contributed by atoms with Crippen LogP contribution in [0.5, 0.6) is 0 Å². The van der Waals surface area contributed by atoms with Crippen molar-refractivity contribution in [2.24, 2.45) is 0 Å². The van der Waals surface area contributed by atoms with Gasteiger partial charge in [0, 0.05) is 15.7 Å². The minimum absolute atomic E-state index is 0. The Bertz CT molecular complexity index is 3510. The molecule has 0 radical (unpaired) electrons. The number of benzene rings is 12. The van der Waals surface area contributed by atoms with Crippen molar-refractivity contribution in [2.45, 2.75) is 13.8 Å². The normalized spacial score (nSPS) is 10.4. The van der Waals surface area contributed by atoms with E-state index in [2.05, 4.69) is 295 Å². The monoisotopic (exact) mass is 1040 g/mol. The van der Waals surface area contributed by atoms with E-state index in [9.17, 15) is 0 Å². The SMILES string of the molecule is Brc1ccccc1-c1cccc(-c2ccccc2)c1.C.Nc1ccccc1-c1cccc(-c2ccccc2)c1.c1ccc(-c2cccc(-c3ccccc3Cc3ccccc3-c3cccc(-c4ccccc4)c3)c2)cc1. The van der Waals surface area contributed by atoms with Crippen LogP contribution in [-0.2, 0) is 6.42 Å². The van der Waals surface area contributed by atoms with E-state index in [0.717, 1.165) is 27.7 Å². The predicted molar refractivity (Wildman–Crippen MR) is 331 cm³/mol. The Labute approximate surface area is 458 Å². The third-order valence-electron chi connectivity index (χ3n) is 13.4. The Kier molecular flexibility index (Phi) is 17.5. The summed E-state index contributed by atoms with van der Waals surface area (Å²) in [5, 5.41) is 0. The van der Waals surface area contributed by atoms with Crippen LogP contribution in [0.15, 0.2) is 320 Å². The lowest BCUT2D eigenvalue weighted by Crippen LogP contribution is -1.95. The van der Waals surface area contributed by atoms with Gasteiger partial charge >= 0.3 is 0 Å². The maximum Gasteiger partial charge on any atom is 0.0393 e. The summed E-state index contributed by atoms with van der Waals surface area (Å²) < 4.78 is 1.13. The number of rotatable bonds is 10. The first-order valence-electron chi connectivity index (χ1n) is 25.4. The van der Waals surface area contributed by atoms with Gasteiger partial charge in [-0.05, 0) is 137 Å². The van der Waals surface area contributed by atoms with Crippen LogP contribution in [0.1, 0.15) is 18.6 Å². The highest BCUT2D eigenvalue weighted by molar-refractivity contribution is 9.10. The number of para-hydroxylation sites is 1. The molecule has 0 saturated carbocycles. The number of nitrogen functional groups attached to an aromatic ring is 1. The first kappa shape index (κ1) is 51.8. The standard InChI is InChI=1S/C37H28.C18H13Br.C18H15N.CH4/c1-3-13-28(14-4-1)30-19-11-21-34(25-30)36-23-9-7-17-32(36)27-33-18-8-10-24-37(33)35-22-12-20-31(26-35)29-15-5-2-6-16-29;2*19-18-12-5-4-11-17(18)16-10-6-9-15(13-16)14-7-2-1-3-8-14;/h1-26H,27H2;1-13H;1-13H,19H2;1H4.